The van der Waals surface area contributed by atoms with Gasteiger partial charge in [0, 0.05) is 24.8 Å². The van der Waals surface area contributed by atoms with Crippen molar-refractivity contribution in [1.29, 1.82) is 0 Å². The molecule has 0 radical (unpaired) electrons. The van der Waals surface area contributed by atoms with Gasteiger partial charge in [-0.15, -0.1) is 0 Å². The molecule has 0 atom stereocenters. The van der Waals surface area contributed by atoms with E-state index in [-0.39, 0.29) is 0 Å². The van der Waals surface area contributed by atoms with Crippen molar-refractivity contribution >= 4 is 0 Å². The summed E-state index contributed by atoms with van der Waals surface area (Å²) in [5.74, 6) is 0. The Morgan fingerprint density at radius 1 is 1.44 bits per heavy atom. The number of hydrogen-bond donors (Lipinski definition) is 1. The lowest BCUT2D eigenvalue weighted by atomic mass is 9.75. The van der Waals surface area contributed by atoms with E-state index in [1.807, 2.05) is 6.07 Å². The van der Waals surface area contributed by atoms with E-state index in [4.69, 9.17) is 0 Å². The minimum absolute atomic E-state index is 0.382. The van der Waals surface area contributed by atoms with E-state index in [1.165, 1.54) is 19.3 Å². The molecular weight excluding hydrogens is 200 g/mol. The zero-order valence-electron chi connectivity index (χ0n) is 10.1. The van der Waals surface area contributed by atoms with Crippen LogP contribution >= 0.6 is 0 Å². The summed E-state index contributed by atoms with van der Waals surface area (Å²) in [6.45, 7) is 1.88. The zero-order valence-corrected chi connectivity index (χ0v) is 10.1. The molecule has 0 bridgehead atoms. The van der Waals surface area contributed by atoms with Crippen molar-refractivity contribution in [3.63, 3.8) is 0 Å². The topological polar surface area (TPSA) is 41.0 Å². The lowest BCUT2D eigenvalue weighted by molar-refractivity contribution is 0.0597. The maximum atomic E-state index is 4.20. The normalized spacial score (nSPS) is 18.4. The van der Waals surface area contributed by atoms with Crippen LogP contribution in [0.25, 0.3) is 0 Å². The van der Waals surface area contributed by atoms with E-state index in [0.29, 0.717) is 5.54 Å². The summed E-state index contributed by atoms with van der Waals surface area (Å²) >= 11 is 0. The molecule has 2 rings (SSSR count). The Bertz CT molecular complexity index is 319. The quantitative estimate of drug-likeness (QED) is 0.805. The monoisotopic (exact) mass is 220 g/mol. The molecule has 0 amide bonds. The van der Waals surface area contributed by atoms with Gasteiger partial charge in [-0.25, -0.2) is 9.97 Å². The van der Waals surface area contributed by atoms with Crippen molar-refractivity contribution in [3.05, 3.63) is 24.3 Å². The average Bonchev–Trinajstić information content (AvgIpc) is 2.23. The van der Waals surface area contributed by atoms with E-state index < -0.39 is 0 Å². The number of hydrogen-bond acceptors (Lipinski definition) is 4. The van der Waals surface area contributed by atoms with Crippen LogP contribution < -0.4 is 5.32 Å². The molecule has 1 heterocycles. The summed E-state index contributed by atoms with van der Waals surface area (Å²) in [7, 11) is 4.34. The van der Waals surface area contributed by atoms with Gasteiger partial charge in [-0.2, -0.15) is 0 Å². The van der Waals surface area contributed by atoms with Crippen LogP contribution in [-0.2, 0) is 6.54 Å². The number of nitrogens with one attached hydrogen (secondary N) is 1. The molecule has 1 aromatic rings. The minimum Gasteiger partial charge on any atom is -0.309 e. The number of likely N-dealkylation sites (N-methyl/N-ethyl adjacent to an activating group) is 1. The number of rotatable bonds is 5. The summed E-state index contributed by atoms with van der Waals surface area (Å²) in [5.41, 5.74) is 1.44. The smallest absolute Gasteiger partial charge is 0.115 e. The first-order valence-electron chi connectivity index (χ1n) is 5.86. The molecule has 88 valence electrons. The van der Waals surface area contributed by atoms with Gasteiger partial charge in [-0.3, -0.25) is 0 Å². The first-order chi connectivity index (χ1) is 7.73. The van der Waals surface area contributed by atoms with E-state index in [2.05, 4.69) is 34.3 Å². The average molecular weight is 220 g/mol. The van der Waals surface area contributed by atoms with Crippen molar-refractivity contribution in [2.24, 2.45) is 0 Å². The van der Waals surface area contributed by atoms with Gasteiger partial charge in [0.25, 0.3) is 0 Å². The summed E-state index contributed by atoms with van der Waals surface area (Å²) in [6.07, 6.45) is 7.35. The second-order valence-electron chi connectivity index (χ2n) is 4.78. The maximum Gasteiger partial charge on any atom is 0.115 e. The largest absolute Gasteiger partial charge is 0.309 e. The van der Waals surface area contributed by atoms with Gasteiger partial charge in [-0.05, 0) is 39.4 Å². The molecule has 1 saturated carbocycles. The highest BCUT2D eigenvalue weighted by Crippen LogP contribution is 2.35. The maximum absolute atomic E-state index is 4.20. The Morgan fingerprint density at radius 2 is 2.25 bits per heavy atom. The van der Waals surface area contributed by atoms with Crippen molar-refractivity contribution in [3.8, 4) is 0 Å². The highest BCUT2D eigenvalue weighted by atomic mass is 15.2. The Balaban J connectivity index is 1.79. The van der Waals surface area contributed by atoms with Crippen LogP contribution in [-0.4, -0.2) is 41.0 Å². The van der Waals surface area contributed by atoms with Gasteiger partial charge < -0.3 is 10.2 Å². The molecule has 1 N–H and O–H groups in total. The Hall–Kier alpha value is -1.00. The molecule has 4 nitrogen and oxygen atoms in total. The molecule has 4 heteroatoms. The van der Waals surface area contributed by atoms with E-state index >= 15 is 0 Å². The molecule has 0 unspecified atom stereocenters. The van der Waals surface area contributed by atoms with Crippen LogP contribution in [0.2, 0.25) is 0 Å². The van der Waals surface area contributed by atoms with Gasteiger partial charge in [-0.1, -0.05) is 0 Å². The molecule has 1 fully saturated rings. The van der Waals surface area contributed by atoms with Gasteiger partial charge in [0.05, 0.1) is 5.69 Å². The van der Waals surface area contributed by atoms with Gasteiger partial charge in [0.15, 0.2) is 0 Å². The first-order valence-corrected chi connectivity index (χ1v) is 5.86. The van der Waals surface area contributed by atoms with E-state index in [1.54, 1.807) is 12.5 Å². The van der Waals surface area contributed by atoms with E-state index in [0.717, 1.165) is 18.8 Å². The van der Waals surface area contributed by atoms with Gasteiger partial charge in [0.1, 0.15) is 6.33 Å². The van der Waals surface area contributed by atoms with Crippen LogP contribution in [0.1, 0.15) is 25.0 Å². The summed E-state index contributed by atoms with van der Waals surface area (Å²) in [6, 6.07) is 1.95. The van der Waals surface area contributed by atoms with Crippen molar-refractivity contribution in [1.82, 2.24) is 20.2 Å². The number of aromatic nitrogens is 2. The van der Waals surface area contributed by atoms with Crippen molar-refractivity contribution in [2.75, 3.05) is 20.6 Å². The standard InChI is InChI=1S/C12H20N4/c1-16(2)12(5-3-6-12)9-14-8-11-4-7-13-10-15-11/h4,7,10,14H,3,5-6,8-9H2,1-2H3. The molecule has 1 aliphatic carbocycles. The molecule has 0 aromatic carbocycles. The third-order valence-electron chi connectivity index (χ3n) is 3.64. The molecule has 0 spiro atoms. The summed E-state index contributed by atoms with van der Waals surface area (Å²) in [5, 5.41) is 3.49. The number of nitrogens with zero attached hydrogens (tertiary/aromatic N) is 3. The fourth-order valence-corrected chi connectivity index (χ4v) is 2.21. The van der Waals surface area contributed by atoms with Crippen molar-refractivity contribution < 1.29 is 0 Å². The Labute approximate surface area is 97.1 Å². The Kier molecular flexibility index (Phi) is 3.51. The highest BCUT2D eigenvalue weighted by Gasteiger charge is 2.38. The van der Waals surface area contributed by atoms with Crippen LogP contribution in [0.15, 0.2) is 18.6 Å². The van der Waals surface area contributed by atoms with Gasteiger partial charge >= 0.3 is 0 Å². The molecular formula is C12H20N4. The fraction of sp³-hybridized carbons (Fsp3) is 0.667. The molecule has 1 aromatic heterocycles. The minimum atomic E-state index is 0.382. The SMILES string of the molecule is CN(C)C1(CNCc2ccncn2)CCC1. The molecule has 16 heavy (non-hydrogen) atoms. The van der Waals surface area contributed by atoms with Crippen LogP contribution in [0.4, 0.5) is 0 Å². The second kappa shape index (κ2) is 4.89. The highest BCUT2D eigenvalue weighted by molar-refractivity contribution is 5.00. The van der Waals surface area contributed by atoms with Crippen LogP contribution in [0, 0.1) is 0 Å². The molecule has 0 saturated heterocycles. The molecule has 1 aliphatic rings. The zero-order chi connectivity index (χ0) is 11.4. The van der Waals surface area contributed by atoms with E-state index in [9.17, 15) is 0 Å². The predicted octanol–water partition coefficient (Wildman–Crippen LogP) is 1.05. The molecule has 0 aliphatic heterocycles. The predicted molar refractivity (Wildman–Crippen MR) is 64.0 cm³/mol. The Morgan fingerprint density at radius 3 is 2.75 bits per heavy atom. The lowest BCUT2D eigenvalue weighted by Gasteiger charge is -2.47. The van der Waals surface area contributed by atoms with Gasteiger partial charge in [0.2, 0.25) is 0 Å². The first kappa shape index (κ1) is 11.5. The summed E-state index contributed by atoms with van der Waals surface area (Å²) in [4.78, 5) is 10.5. The van der Waals surface area contributed by atoms with Crippen LogP contribution in [0.5, 0.6) is 0 Å². The second-order valence-corrected chi connectivity index (χ2v) is 4.78. The van der Waals surface area contributed by atoms with Crippen LogP contribution in [0.3, 0.4) is 0 Å². The van der Waals surface area contributed by atoms with Crippen molar-refractivity contribution in [2.45, 2.75) is 31.3 Å². The summed E-state index contributed by atoms with van der Waals surface area (Å²) < 4.78 is 0. The lowest BCUT2D eigenvalue weighted by Crippen LogP contribution is -2.56. The fourth-order valence-electron chi connectivity index (χ4n) is 2.21. The third-order valence-corrected chi connectivity index (χ3v) is 3.64. The third kappa shape index (κ3) is 2.39.